The third-order valence-corrected chi connectivity index (χ3v) is 1.43. The van der Waals surface area contributed by atoms with E-state index in [4.69, 9.17) is 5.84 Å². The van der Waals surface area contributed by atoms with Gasteiger partial charge >= 0.3 is 0 Å². The van der Waals surface area contributed by atoms with E-state index < -0.39 is 0 Å². The standard InChI is InChI=1S/C7H10N2/c1-6(9-8)7-4-2-3-5-7/h2-5,7H,8H2,1H3. The van der Waals surface area contributed by atoms with Crippen molar-refractivity contribution in [1.29, 1.82) is 0 Å². The molecule has 0 unspecified atom stereocenters. The minimum Gasteiger partial charge on any atom is -0.323 e. The number of rotatable bonds is 1. The van der Waals surface area contributed by atoms with Gasteiger partial charge in [0.2, 0.25) is 0 Å². The van der Waals surface area contributed by atoms with E-state index in [1.165, 1.54) is 0 Å². The summed E-state index contributed by atoms with van der Waals surface area (Å²) in [7, 11) is 0. The maximum atomic E-state index is 5.07. The predicted molar refractivity (Wildman–Crippen MR) is 39.1 cm³/mol. The van der Waals surface area contributed by atoms with Gasteiger partial charge in [-0.2, -0.15) is 5.10 Å². The van der Waals surface area contributed by atoms with Gasteiger partial charge in [-0.3, -0.25) is 0 Å². The highest BCUT2D eigenvalue weighted by Gasteiger charge is 2.05. The van der Waals surface area contributed by atoms with Gasteiger partial charge in [0.1, 0.15) is 0 Å². The van der Waals surface area contributed by atoms with Gasteiger partial charge in [-0.15, -0.1) is 0 Å². The molecule has 0 radical (unpaired) electrons. The Hall–Kier alpha value is -1.05. The molecule has 0 saturated heterocycles. The number of nitrogens with two attached hydrogens (primary N) is 1. The molecule has 0 spiro atoms. The van der Waals surface area contributed by atoms with Crippen molar-refractivity contribution in [1.82, 2.24) is 0 Å². The summed E-state index contributed by atoms with van der Waals surface area (Å²) in [5.41, 5.74) is 0.958. The van der Waals surface area contributed by atoms with E-state index in [1.54, 1.807) is 0 Å². The number of hydrazone groups is 1. The van der Waals surface area contributed by atoms with Crippen LogP contribution in [0.3, 0.4) is 0 Å². The summed E-state index contributed by atoms with van der Waals surface area (Å²) in [5.74, 6) is 5.41. The topological polar surface area (TPSA) is 38.4 Å². The Morgan fingerprint density at radius 2 is 2.00 bits per heavy atom. The molecule has 0 aromatic carbocycles. The Bertz CT molecular complexity index is 165. The van der Waals surface area contributed by atoms with Crippen molar-refractivity contribution in [3.05, 3.63) is 24.3 Å². The molecule has 0 heterocycles. The minimum atomic E-state index is 0.343. The van der Waals surface area contributed by atoms with E-state index in [0.29, 0.717) is 5.92 Å². The lowest BCUT2D eigenvalue weighted by Gasteiger charge is -2.00. The zero-order chi connectivity index (χ0) is 6.69. The first-order valence-electron chi connectivity index (χ1n) is 2.94. The Morgan fingerprint density at radius 3 is 2.44 bits per heavy atom. The molecule has 0 atom stereocenters. The number of allylic oxidation sites excluding steroid dienone is 4. The number of hydrogen-bond acceptors (Lipinski definition) is 2. The van der Waals surface area contributed by atoms with Crippen LogP contribution in [0.25, 0.3) is 0 Å². The van der Waals surface area contributed by atoms with Crippen molar-refractivity contribution >= 4 is 5.71 Å². The lowest BCUT2D eigenvalue weighted by Crippen LogP contribution is -2.05. The maximum absolute atomic E-state index is 5.07. The molecule has 0 aromatic rings. The molecule has 0 aromatic heterocycles. The molecule has 1 aliphatic rings. The van der Waals surface area contributed by atoms with Crippen LogP contribution in [0.5, 0.6) is 0 Å². The summed E-state index contributed by atoms with van der Waals surface area (Å²) in [6.07, 6.45) is 8.12. The fourth-order valence-electron chi connectivity index (χ4n) is 0.796. The first-order chi connectivity index (χ1) is 4.34. The summed E-state index contributed by atoms with van der Waals surface area (Å²) in [6.45, 7) is 1.92. The summed E-state index contributed by atoms with van der Waals surface area (Å²) in [4.78, 5) is 0. The van der Waals surface area contributed by atoms with E-state index >= 15 is 0 Å². The van der Waals surface area contributed by atoms with E-state index in [0.717, 1.165) is 5.71 Å². The van der Waals surface area contributed by atoms with Gasteiger partial charge in [0.15, 0.2) is 0 Å². The lowest BCUT2D eigenvalue weighted by molar-refractivity contribution is 1.09. The highest BCUT2D eigenvalue weighted by Crippen LogP contribution is 2.09. The Morgan fingerprint density at radius 1 is 1.44 bits per heavy atom. The normalized spacial score (nSPS) is 19.4. The zero-order valence-electron chi connectivity index (χ0n) is 5.41. The zero-order valence-corrected chi connectivity index (χ0v) is 5.41. The summed E-state index contributed by atoms with van der Waals surface area (Å²) < 4.78 is 0. The molecule has 2 N–H and O–H groups in total. The van der Waals surface area contributed by atoms with Crippen molar-refractivity contribution in [2.24, 2.45) is 16.9 Å². The molecule has 0 bridgehead atoms. The van der Waals surface area contributed by atoms with Crippen LogP contribution >= 0.6 is 0 Å². The number of hydrogen-bond donors (Lipinski definition) is 1. The average molecular weight is 122 g/mol. The number of nitrogens with zero attached hydrogens (tertiary/aromatic N) is 1. The second-order valence-electron chi connectivity index (χ2n) is 2.07. The van der Waals surface area contributed by atoms with Gasteiger partial charge in [0.05, 0.1) is 0 Å². The van der Waals surface area contributed by atoms with Crippen LogP contribution in [0.1, 0.15) is 6.92 Å². The molecule has 9 heavy (non-hydrogen) atoms. The third-order valence-electron chi connectivity index (χ3n) is 1.43. The highest BCUT2D eigenvalue weighted by atomic mass is 15.1. The van der Waals surface area contributed by atoms with Crippen molar-refractivity contribution < 1.29 is 0 Å². The van der Waals surface area contributed by atoms with Crippen molar-refractivity contribution in [2.45, 2.75) is 6.92 Å². The summed E-state index contributed by atoms with van der Waals surface area (Å²) in [5, 5.41) is 3.58. The summed E-state index contributed by atoms with van der Waals surface area (Å²) in [6, 6.07) is 0. The average Bonchev–Trinajstić information content (AvgIpc) is 2.37. The van der Waals surface area contributed by atoms with Gasteiger partial charge in [0, 0.05) is 11.6 Å². The molecule has 1 aliphatic carbocycles. The smallest absolute Gasteiger partial charge is 0.0451 e. The molecule has 48 valence electrons. The van der Waals surface area contributed by atoms with Crippen molar-refractivity contribution in [3.8, 4) is 0 Å². The van der Waals surface area contributed by atoms with Crippen LogP contribution in [0.2, 0.25) is 0 Å². The molecule has 0 amide bonds. The molecular formula is C7H10N2. The highest BCUT2D eigenvalue weighted by molar-refractivity contribution is 5.87. The maximum Gasteiger partial charge on any atom is 0.0451 e. The minimum absolute atomic E-state index is 0.343. The molecule has 2 nitrogen and oxygen atoms in total. The van der Waals surface area contributed by atoms with Crippen LogP contribution < -0.4 is 5.84 Å². The van der Waals surface area contributed by atoms with Gasteiger partial charge in [-0.25, -0.2) is 0 Å². The molecule has 0 aliphatic heterocycles. The fourth-order valence-corrected chi connectivity index (χ4v) is 0.796. The Kier molecular flexibility index (Phi) is 1.68. The second kappa shape index (κ2) is 2.49. The SMILES string of the molecule is CC(=NN)C1C=CC=C1. The van der Waals surface area contributed by atoms with Crippen LogP contribution in [-0.2, 0) is 0 Å². The third kappa shape index (κ3) is 1.19. The fraction of sp³-hybridized carbons (Fsp3) is 0.286. The Balaban J connectivity index is 2.64. The van der Waals surface area contributed by atoms with Crippen LogP contribution in [0.4, 0.5) is 0 Å². The Labute approximate surface area is 54.7 Å². The van der Waals surface area contributed by atoms with Gasteiger partial charge in [-0.1, -0.05) is 24.3 Å². The molecular weight excluding hydrogens is 112 g/mol. The van der Waals surface area contributed by atoms with E-state index in [1.807, 2.05) is 19.1 Å². The van der Waals surface area contributed by atoms with Crippen molar-refractivity contribution in [2.75, 3.05) is 0 Å². The lowest BCUT2D eigenvalue weighted by atomic mass is 10.1. The first-order valence-corrected chi connectivity index (χ1v) is 2.94. The van der Waals surface area contributed by atoms with Crippen molar-refractivity contribution in [3.63, 3.8) is 0 Å². The molecule has 1 rings (SSSR count). The van der Waals surface area contributed by atoms with Gasteiger partial charge in [-0.05, 0) is 6.92 Å². The quantitative estimate of drug-likeness (QED) is 0.315. The molecule has 0 fully saturated rings. The van der Waals surface area contributed by atoms with E-state index in [-0.39, 0.29) is 0 Å². The first kappa shape index (κ1) is 6.08. The van der Waals surface area contributed by atoms with E-state index in [9.17, 15) is 0 Å². The van der Waals surface area contributed by atoms with Gasteiger partial charge < -0.3 is 5.84 Å². The van der Waals surface area contributed by atoms with Gasteiger partial charge in [0.25, 0.3) is 0 Å². The van der Waals surface area contributed by atoms with Crippen LogP contribution in [0, 0.1) is 5.92 Å². The monoisotopic (exact) mass is 122 g/mol. The molecule has 2 heteroatoms. The second-order valence-corrected chi connectivity index (χ2v) is 2.07. The largest absolute Gasteiger partial charge is 0.323 e. The van der Waals surface area contributed by atoms with Crippen LogP contribution in [-0.4, -0.2) is 5.71 Å². The van der Waals surface area contributed by atoms with E-state index in [2.05, 4.69) is 17.3 Å². The summed E-state index contributed by atoms with van der Waals surface area (Å²) >= 11 is 0. The predicted octanol–water partition coefficient (Wildman–Crippen LogP) is 1.06. The van der Waals surface area contributed by atoms with Crippen LogP contribution in [0.15, 0.2) is 29.4 Å². The molecule has 0 saturated carbocycles.